The molecule has 0 amide bonds. The van der Waals surface area contributed by atoms with Gasteiger partial charge in [0.15, 0.2) is 5.82 Å². The number of hydrogen-bond acceptors (Lipinski definition) is 5. The molecule has 0 aliphatic heterocycles. The van der Waals surface area contributed by atoms with E-state index in [4.69, 9.17) is 20.7 Å². The number of aromatic nitrogens is 1. The topological polar surface area (TPSA) is 60.5 Å². The van der Waals surface area contributed by atoms with Gasteiger partial charge in [-0.2, -0.15) is 4.62 Å². The third-order valence-corrected chi connectivity index (χ3v) is 5.09. The normalized spacial score (nSPS) is 13.5. The Labute approximate surface area is 135 Å². The second-order valence-corrected chi connectivity index (χ2v) is 7.42. The van der Waals surface area contributed by atoms with Crippen molar-refractivity contribution in [2.45, 2.75) is 20.8 Å². The van der Waals surface area contributed by atoms with Crippen molar-refractivity contribution in [3.8, 4) is 5.75 Å². The summed E-state index contributed by atoms with van der Waals surface area (Å²) in [6.07, 6.45) is 1.87. The molecule has 2 aromatic rings. The van der Waals surface area contributed by atoms with Gasteiger partial charge in [0, 0.05) is 11.2 Å². The van der Waals surface area contributed by atoms with E-state index in [1.807, 2.05) is 19.9 Å². The Hall–Kier alpha value is -1.55. The Bertz CT molecular complexity index is 692. The van der Waals surface area contributed by atoms with Crippen molar-refractivity contribution in [2.75, 3.05) is 11.6 Å². The first-order valence-electron chi connectivity index (χ1n) is 6.84. The lowest BCUT2D eigenvalue weighted by Crippen LogP contribution is -2.08. The molecule has 1 aromatic carbocycles. The summed E-state index contributed by atoms with van der Waals surface area (Å²) in [5, 5.41) is 0.581. The molecule has 0 bridgehead atoms. The smallest absolute Gasteiger partial charge is 0.400 e. The third kappa shape index (κ3) is 4.23. The highest BCUT2D eigenvalue weighted by molar-refractivity contribution is 7.54. The number of hydrogen-bond donors (Lipinski definition) is 1. The van der Waals surface area contributed by atoms with Crippen LogP contribution in [0.25, 0.3) is 0 Å². The number of nitrogens with zero attached hydrogens (tertiary/aromatic N) is 1. The van der Waals surface area contributed by atoms with E-state index in [9.17, 15) is 4.57 Å². The number of benzene rings is 1. The summed E-state index contributed by atoms with van der Waals surface area (Å²) in [4.78, 5) is 4.16. The highest BCUT2D eigenvalue weighted by Gasteiger charge is 2.25. The van der Waals surface area contributed by atoms with Gasteiger partial charge in [0.25, 0.3) is 0 Å². The molecule has 0 spiro atoms. The van der Waals surface area contributed by atoms with E-state index < -0.39 is 7.60 Å². The molecule has 0 aliphatic carbocycles. The average Bonchev–Trinajstić information content (AvgIpc) is 2.51. The van der Waals surface area contributed by atoms with Crippen LogP contribution in [0.15, 0.2) is 36.5 Å². The number of nitrogens with one attached hydrogen (secondary N) is 1. The lowest BCUT2D eigenvalue weighted by atomic mass is 10.2. The molecule has 0 saturated carbocycles. The lowest BCUT2D eigenvalue weighted by molar-refractivity contribution is 0.317. The maximum atomic E-state index is 12.6. The molecule has 118 valence electrons. The molecule has 7 heteroatoms. The van der Waals surface area contributed by atoms with Crippen molar-refractivity contribution >= 4 is 25.0 Å². The zero-order chi connectivity index (χ0) is 16.2. The van der Waals surface area contributed by atoms with E-state index in [0.717, 1.165) is 11.1 Å². The van der Waals surface area contributed by atoms with Crippen molar-refractivity contribution in [2.24, 2.45) is 0 Å². The van der Waals surface area contributed by atoms with E-state index >= 15 is 0 Å². The van der Waals surface area contributed by atoms with Gasteiger partial charge >= 0.3 is 7.60 Å². The number of aryl methyl sites for hydroxylation is 1. The number of pyridine rings is 1. The van der Waals surface area contributed by atoms with Gasteiger partial charge in [-0.15, -0.1) is 0 Å². The first-order chi connectivity index (χ1) is 10.4. The van der Waals surface area contributed by atoms with E-state index in [-0.39, 0.29) is 6.16 Å². The third-order valence-electron chi connectivity index (χ3n) is 3.20. The van der Waals surface area contributed by atoms with Gasteiger partial charge in [-0.3, -0.25) is 0 Å². The van der Waals surface area contributed by atoms with Crippen molar-refractivity contribution in [1.29, 1.82) is 0 Å². The molecule has 1 aromatic heterocycles. The summed E-state index contributed by atoms with van der Waals surface area (Å²) in [5.74, 6) is 0.957. The molecule has 2 rings (SSSR count). The first-order valence-corrected chi connectivity index (χ1v) is 8.95. The standard InChI is InChI=1S/C15H18ClN2O3P/c1-4-22(19,20-14-7-5-13(16)6-8-14)21-18-15-12(3)11(2)9-10-17-15/h5-10H,4H2,1-3H3,(H,17,18). The van der Waals surface area contributed by atoms with Crippen molar-refractivity contribution in [3.63, 3.8) is 0 Å². The van der Waals surface area contributed by atoms with Crippen LogP contribution in [0.2, 0.25) is 5.02 Å². The summed E-state index contributed by atoms with van der Waals surface area (Å²) in [6.45, 7) is 5.60. The fourth-order valence-corrected chi connectivity index (χ4v) is 2.74. The fraction of sp³-hybridized carbons (Fsp3) is 0.267. The molecule has 0 aliphatic rings. The molecule has 1 heterocycles. The van der Waals surface area contributed by atoms with Gasteiger partial charge < -0.3 is 4.52 Å². The van der Waals surface area contributed by atoms with Gasteiger partial charge in [0.05, 0.1) is 6.16 Å². The molecule has 0 radical (unpaired) electrons. The molecular weight excluding hydrogens is 323 g/mol. The summed E-state index contributed by atoms with van der Waals surface area (Å²) < 4.78 is 23.4. The minimum Gasteiger partial charge on any atom is -0.423 e. The summed E-state index contributed by atoms with van der Waals surface area (Å²) in [6, 6.07) is 8.51. The van der Waals surface area contributed by atoms with Crippen LogP contribution in [0.1, 0.15) is 18.1 Å². The minimum atomic E-state index is -3.33. The molecule has 5 nitrogen and oxygen atoms in total. The van der Waals surface area contributed by atoms with E-state index in [1.165, 1.54) is 0 Å². The Morgan fingerprint density at radius 3 is 2.55 bits per heavy atom. The van der Waals surface area contributed by atoms with Crippen LogP contribution in [-0.4, -0.2) is 11.1 Å². The zero-order valence-electron chi connectivity index (χ0n) is 12.7. The largest absolute Gasteiger partial charge is 0.423 e. The fourth-order valence-electron chi connectivity index (χ4n) is 1.65. The van der Waals surface area contributed by atoms with Crippen LogP contribution in [-0.2, 0) is 9.19 Å². The van der Waals surface area contributed by atoms with Crippen LogP contribution in [0.5, 0.6) is 5.75 Å². The number of halogens is 1. The van der Waals surface area contributed by atoms with E-state index in [2.05, 4.69) is 10.5 Å². The summed E-state index contributed by atoms with van der Waals surface area (Å²) in [7, 11) is -3.33. The quantitative estimate of drug-likeness (QED) is 0.593. The van der Waals surface area contributed by atoms with Crippen molar-refractivity contribution in [1.82, 2.24) is 4.98 Å². The Balaban J connectivity index is 2.09. The molecule has 0 saturated heterocycles. The maximum Gasteiger partial charge on any atom is 0.400 e. The van der Waals surface area contributed by atoms with Gasteiger partial charge in [0.1, 0.15) is 5.75 Å². The highest BCUT2D eigenvalue weighted by atomic mass is 35.5. The predicted molar refractivity (Wildman–Crippen MR) is 88.6 cm³/mol. The SMILES string of the molecule is CCP(=O)(ONc1nccc(C)c1C)Oc1ccc(Cl)cc1. The average molecular weight is 341 g/mol. The highest BCUT2D eigenvalue weighted by Crippen LogP contribution is 2.47. The Kier molecular flexibility index (Phi) is 5.46. The molecule has 1 atom stereocenters. The first kappa shape index (κ1) is 16.8. The lowest BCUT2D eigenvalue weighted by Gasteiger charge is -2.18. The van der Waals surface area contributed by atoms with Gasteiger partial charge in [-0.1, -0.05) is 18.5 Å². The van der Waals surface area contributed by atoms with Crippen LogP contribution in [0.4, 0.5) is 5.82 Å². The van der Waals surface area contributed by atoms with Crippen molar-refractivity contribution < 1.29 is 13.7 Å². The Morgan fingerprint density at radius 2 is 1.91 bits per heavy atom. The van der Waals surface area contributed by atoms with Crippen LogP contribution >= 0.6 is 19.2 Å². The summed E-state index contributed by atoms with van der Waals surface area (Å²) >= 11 is 5.81. The van der Waals surface area contributed by atoms with Crippen LogP contribution in [0.3, 0.4) is 0 Å². The van der Waals surface area contributed by atoms with Crippen LogP contribution in [0, 0.1) is 13.8 Å². The zero-order valence-corrected chi connectivity index (χ0v) is 14.3. The number of rotatable bonds is 6. The van der Waals surface area contributed by atoms with Gasteiger partial charge in [-0.05, 0) is 55.3 Å². The minimum absolute atomic E-state index is 0.216. The molecular formula is C15H18ClN2O3P. The monoisotopic (exact) mass is 340 g/mol. The Morgan fingerprint density at radius 1 is 1.23 bits per heavy atom. The number of anilines is 1. The second kappa shape index (κ2) is 7.14. The van der Waals surface area contributed by atoms with Crippen LogP contribution < -0.4 is 10.0 Å². The second-order valence-electron chi connectivity index (χ2n) is 4.77. The molecule has 22 heavy (non-hydrogen) atoms. The van der Waals surface area contributed by atoms with E-state index in [1.54, 1.807) is 37.4 Å². The van der Waals surface area contributed by atoms with Gasteiger partial charge in [0.2, 0.25) is 0 Å². The molecule has 1 N–H and O–H groups in total. The molecule has 1 unspecified atom stereocenters. The summed E-state index contributed by atoms with van der Waals surface area (Å²) in [5.41, 5.74) is 4.64. The van der Waals surface area contributed by atoms with E-state index in [0.29, 0.717) is 16.6 Å². The van der Waals surface area contributed by atoms with Crippen molar-refractivity contribution in [3.05, 3.63) is 52.7 Å². The van der Waals surface area contributed by atoms with Gasteiger partial charge in [-0.25, -0.2) is 15.0 Å². The molecule has 0 fully saturated rings. The maximum absolute atomic E-state index is 12.6. The predicted octanol–water partition coefficient (Wildman–Crippen LogP) is 4.99.